The molecule has 0 spiro atoms. The van der Waals surface area contributed by atoms with Gasteiger partial charge in [0, 0.05) is 19.6 Å². The van der Waals surface area contributed by atoms with Crippen LogP contribution in [0.5, 0.6) is 0 Å². The molecule has 0 aliphatic carbocycles. The Bertz CT molecular complexity index is 247. The topological polar surface area (TPSA) is 24.5 Å². The van der Waals surface area contributed by atoms with Gasteiger partial charge in [0.15, 0.2) is 0 Å². The van der Waals surface area contributed by atoms with Gasteiger partial charge < -0.3 is 10.1 Å². The third-order valence-corrected chi connectivity index (χ3v) is 2.94. The predicted molar refractivity (Wildman–Crippen MR) is 87.5 cm³/mol. The van der Waals surface area contributed by atoms with Gasteiger partial charge in [0.1, 0.15) is 0 Å². The molecule has 110 valence electrons. The van der Waals surface area contributed by atoms with Crippen LogP contribution in [-0.2, 0) is 4.74 Å². The van der Waals surface area contributed by atoms with Crippen molar-refractivity contribution in [3.8, 4) is 0 Å². The minimum atomic E-state index is 0.530. The van der Waals surface area contributed by atoms with Crippen LogP contribution in [0.2, 0.25) is 0 Å². The number of thiocarbonyl (C=S) groups is 1. The van der Waals surface area contributed by atoms with E-state index in [9.17, 15) is 0 Å². The minimum Gasteiger partial charge on any atom is -0.471 e. The van der Waals surface area contributed by atoms with Crippen molar-refractivity contribution < 1.29 is 4.74 Å². The molecule has 0 aliphatic rings. The lowest BCUT2D eigenvalue weighted by molar-refractivity contribution is 0.267. The highest BCUT2D eigenvalue weighted by Gasteiger charge is 2.01. The van der Waals surface area contributed by atoms with Gasteiger partial charge in [-0.25, -0.2) is 0 Å². The molecule has 0 amide bonds. The molecule has 1 N–H and O–H groups in total. The van der Waals surface area contributed by atoms with Crippen LogP contribution in [0.25, 0.3) is 0 Å². The molecule has 0 radical (unpaired) electrons. The molecule has 0 aromatic heterocycles. The van der Waals surface area contributed by atoms with Crippen LogP contribution in [0.1, 0.15) is 32.6 Å². The molecule has 0 fully saturated rings. The number of hydrogen-bond acceptors (Lipinski definition) is 3. The normalized spacial score (nSPS) is 10.2. The highest BCUT2D eigenvalue weighted by atomic mass is 32.1. The molecule has 0 saturated heterocycles. The largest absolute Gasteiger partial charge is 0.471 e. The first-order chi connectivity index (χ1) is 9.24. The van der Waals surface area contributed by atoms with Crippen molar-refractivity contribution in [2.24, 2.45) is 0 Å². The van der Waals surface area contributed by atoms with Gasteiger partial charge in [-0.1, -0.05) is 25.5 Å². The van der Waals surface area contributed by atoms with E-state index < -0.39 is 0 Å². The van der Waals surface area contributed by atoms with Crippen molar-refractivity contribution in [2.45, 2.75) is 32.6 Å². The zero-order valence-corrected chi connectivity index (χ0v) is 13.0. The standard InChI is InChI=1S/C15H28N2OS/c1-4-7-10-16-15(19)18-14-9-8-13-17(11-5-2)12-6-3/h5-6H,2-4,7-14H2,1H3,(H,16,19). The second-order valence-corrected chi connectivity index (χ2v) is 4.83. The second-order valence-electron chi connectivity index (χ2n) is 4.46. The van der Waals surface area contributed by atoms with E-state index in [1.165, 1.54) is 0 Å². The number of hydrogen-bond donors (Lipinski definition) is 1. The summed E-state index contributed by atoms with van der Waals surface area (Å²) in [4.78, 5) is 2.30. The highest BCUT2D eigenvalue weighted by molar-refractivity contribution is 7.80. The lowest BCUT2D eigenvalue weighted by atomic mass is 10.3. The fourth-order valence-electron chi connectivity index (χ4n) is 1.64. The lowest BCUT2D eigenvalue weighted by Gasteiger charge is -2.18. The van der Waals surface area contributed by atoms with Crippen molar-refractivity contribution in [3.05, 3.63) is 25.3 Å². The van der Waals surface area contributed by atoms with Gasteiger partial charge in [0.25, 0.3) is 5.17 Å². The molecule has 0 aliphatic heterocycles. The SMILES string of the molecule is C=CCN(CC=C)CCCCOC(=S)NCCCC. The van der Waals surface area contributed by atoms with E-state index in [1.807, 2.05) is 12.2 Å². The lowest BCUT2D eigenvalue weighted by Crippen LogP contribution is -2.26. The summed E-state index contributed by atoms with van der Waals surface area (Å²) in [6.07, 6.45) is 8.25. The van der Waals surface area contributed by atoms with Crippen molar-refractivity contribution in [1.29, 1.82) is 0 Å². The summed E-state index contributed by atoms with van der Waals surface area (Å²) < 4.78 is 5.45. The van der Waals surface area contributed by atoms with Gasteiger partial charge in [-0.2, -0.15) is 0 Å². The van der Waals surface area contributed by atoms with Gasteiger partial charge >= 0.3 is 0 Å². The molecule has 0 bridgehead atoms. The van der Waals surface area contributed by atoms with E-state index >= 15 is 0 Å². The molecular formula is C15H28N2OS. The van der Waals surface area contributed by atoms with Crippen molar-refractivity contribution in [3.63, 3.8) is 0 Å². The molecule has 0 aromatic carbocycles. The molecule has 3 nitrogen and oxygen atoms in total. The number of nitrogens with zero attached hydrogens (tertiary/aromatic N) is 1. The van der Waals surface area contributed by atoms with Crippen LogP contribution in [0, 0.1) is 0 Å². The monoisotopic (exact) mass is 284 g/mol. The maximum atomic E-state index is 5.45. The van der Waals surface area contributed by atoms with Crippen LogP contribution in [0.3, 0.4) is 0 Å². The van der Waals surface area contributed by atoms with E-state index in [1.54, 1.807) is 0 Å². The van der Waals surface area contributed by atoms with Crippen LogP contribution in [0.4, 0.5) is 0 Å². The van der Waals surface area contributed by atoms with Crippen molar-refractivity contribution >= 4 is 17.4 Å². The van der Waals surface area contributed by atoms with Crippen LogP contribution >= 0.6 is 12.2 Å². The maximum Gasteiger partial charge on any atom is 0.256 e. The van der Waals surface area contributed by atoms with Crippen LogP contribution in [-0.4, -0.2) is 42.9 Å². The van der Waals surface area contributed by atoms with E-state index in [0.717, 1.165) is 51.9 Å². The molecule has 0 aromatic rings. The summed E-state index contributed by atoms with van der Waals surface area (Å²) in [5.74, 6) is 0. The van der Waals surface area contributed by atoms with Gasteiger partial charge in [0.05, 0.1) is 6.61 Å². The van der Waals surface area contributed by atoms with Crippen molar-refractivity contribution in [2.75, 3.05) is 32.8 Å². The Hall–Kier alpha value is -0.870. The van der Waals surface area contributed by atoms with E-state index in [0.29, 0.717) is 11.8 Å². The van der Waals surface area contributed by atoms with E-state index in [2.05, 4.69) is 30.3 Å². The summed E-state index contributed by atoms with van der Waals surface area (Å²) in [5.41, 5.74) is 0. The zero-order valence-electron chi connectivity index (χ0n) is 12.2. The van der Waals surface area contributed by atoms with Gasteiger partial charge in [-0.3, -0.25) is 4.90 Å². The third kappa shape index (κ3) is 11.9. The fourth-order valence-corrected chi connectivity index (χ4v) is 1.83. The van der Waals surface area contributed by atoms with Gasteiger partial charge in [-0.15, -0.1) is 13.2 Å². The van der Waals surface area contributed by atoms with Crippen molar-refractivity contribution in [1.82, 2.24) is 10.2 Å². The molecule has 0 heterocycles. The number of nitrogens with one attached hydrogen (secondary N) is 1. The number of unbranched alkanes of at least 4 members (excludes halogenated alkanes) is 2. The molecule has 19 heavy (non-hydrogen) atoms. The van der Waals surface area contributed by atoms with Gasteiger partial charge in [0.2, 0.25) is 0 Å². The third-order valence-electron chi connectivity index (χ3n) is 2.68. The van der Waals surface area contributed by atoms with Crippen LogP contribution in [0.15, 0.2) is 25.3 Å². The Labute approximate surface area is 123 Å². The second kappa shape index (κ2) is 13.6. The van der Waals surface area contributed by atoms with Crippen LogP contribution < -0.4 is 5.32 Å². The number of rotatable bonds is 12. The zero-order chi connectivity index (χ0) is 14.3. The predicted octanol–water partition coefficient (Wildman–Crippen LogP) is 3.13. The summed E-state index contributed by atoms with van der Waals surface area (Å²) >= 11 is 5.08. The Morgan fingerprint density at radius 2 is 1.89 bits per heavy atom. The Balaban J connectivity index is 3.48. The highest BCUT2D eigenvalue weighted by Crippen LogP contribution is 1.97. The Morgan fingerprint density at radius 1 is 1.21 bits per heavy atom. The molecule has 0 unspecified atom stereocenters. The minimum absolute atomic E-state index is 0.530. The van der Waals surface area contributed by atoms with E-state index in [-0.39, 0.29) is 0 Å². The average Bonchev–Trinajstić information content (AvgIpc) is 2.39. The molecule has 0 saturated carbocycles. The average molecular weight is 284 g/mol. The maximum absolute atomic E-state index is 5.45. The Morgan fingerprint density at radius 3 is 2.47 bits per heavy atom. The van der Waals surface area contributed by atoms with E-state index in [4.69, 9.17) is 17.0 Å². The molecule has 0 rings (SSSR count). The molecule has 0 atom stereocenters. The quantitative estimate of drug-likeness (QED) is 0.338. The molecule has 4 heteroatoms. The number of ether oxygens (including phenoxy) is 1. The Kier molecular flexibility index (Phi) is 12.9. The summed E-state index contributed by atoms with van der Waals surface area (Å²) in [6, 6.07) is 0. The summed E-state index contributed by atoms with van der Waals surface area (Å²) in [7, 11) is 0. The van der Waals surface area contributed by atoms with Gasteiger partial charge in [-0.05, 0) is 38.0 Å². The smallest absolute Gasteiger partial charge is 0.256 e. The first kappa shape index (κ1) is 18.1. The first-order valence-electron chi connectivity index (χ1n) is 7.09. The summed E-state index contributed by atoms with van der Waals surface area (Å²) in [5, 5.41) is 3.63. The summed E-state index contributed by atoms with van der Waals surface area (Å²) in [6.45, 7) is 14.1. The molecular weight excluding hydrogens is 256 g/mol. The fraction of sp³-hybridized carbons (Fsp3) is 0.667. The first-order valence-corrected chi connectivity index (χ1v) is 7.50.